The second-order valence-electron chi connectivity index (χ2n) is 5.64. The van der Waals surface area contributed by atoms with Crippen molar-refractivity contribution in [1.82, 2.24) is 4.90 Å². The first kappa shape index (κ1) is 14.4. The highest BCUT2D eigenvalue weighted by molar-refractivity contribution is 9.09. The zero-order valence-corrected chi connectivity index (χ0v) is 13.3. The Morgan fingerprint density at radius 3 is 2.39 bits per heavy atom. The van der Waals surface area contributed by atoms with Gasteiger partial charge < -0.3 is 4.90 Å². The average Bonchev–Trinajstić information content (AvgIpc) is 2.81. The second kappa shape index (κ2) is 6.40. The van der Waals surface area contributed by atoms with E-state index in [0.29, 0.717) is 5.41 Å². The zero-order valence-electron chi connectivity index (χ0n) is 11.0. The van der Waals surface area contributed by atoms with Crippen molar-refractivity contribution in [2.45, 2.75) is 32.2 Å². The monoisotopic (exact) mass is 329 g/mol. The summed E-state index contributed by atoms with van der Waals surface area (Å²) < 4.78 is 0. The first-order valence-electron chi connectivity index (χ1n) is 6.63. The van der Waals surface area contributed by atoms with E-state index in [1.165, 1.54) is 37.8 Å². The molecule has 0 spiro atoms. The fourth-order valence-electron chi connectivity index (χ4n) is 2.99. The summed E-state index contributed by atoms with van der Waals surface area (Å²) in [4.78, 5) is 2.44. The Morgan fingerprint density at radius 2 is 1.83 bits per heavy atom. The average molecular weight is 331 g/mol. The fourth-order valence-corrected chi connectivity index (χ4v) is 3.85. The number of halogens is 2. The molecule has 0 N–H and O–H groups in total. The third-order valence-corrected chi connectivity index (χ3v) is 5.36. The molecule has 1 aromatic rings. The lowest BCUT2D eigenvalue weighted by molar-refractivity contribution is 0.196. The minimum Gasteiger partial charge on any atom is -0.302 e. The highest BCUT2D eigenvalue weighted by Crippen LogP contribution is 2.40. The summed E-state index contributed by atoms with van der Waals surface area (Å²) in [5, 5.41) is 1.94. The minimum atomic E-state index is 0.501. The molecule has 0 atom stereocenters. The summed E-state index contributed by atoms with van der Waals surface area (Å²) in [7, 11) is 2.22. The largest absolute Gasteiger partial charge is 0.302 e. The standard InChI is InChI=1S/C15H21BrClN/c1-18(10-13-4-6-14(17)7-5-13)12-15(11-16)8-2-3-9-15/h4-7H,2-3,8-12H2,1H3. The molecule has 1 saturated carbocycles. The molecular weight excluding hydrogens is 310 g/mol. The van der Waals surface area contributed by atoms with Crippen molar-refractivity contribution >= 4 is 27.5 Å². The van der Waals surface area contributed by atoms with Crippen LogP contribution in [0.3, 0.4) is 0 Å². The number of alkyl halides is 1. The molecule has 0 unspecified atom stereocenters. The van der Waals surface area contributed by atoms with Gasteiger partial charge in [0.05, 0.1) is 0 Å². The van der Waals surface area contributed by atoms with Crippen molar-refractivity contribution in [2.75, 3.05) is 18.9 Å². The van der Waals surface area contributed by atoms with Gasteiger partial charge in [-0.25, -0.2) is 0 Å². The van der Waals surface area contributed by atoms with Crippen LogP contribution in [0.15, 0.2) is 24.3 Å². The number of hydrogen-bond acceptors (Lipinski definition) is 1. The molecule has 1 aromatic carbocycles. The van der Waals surface area contributed by atoms with Crippen molar-refractivity contribution < 1.29 is 0 Å². The third-order valence-electron chi connectivity index (χ3n) is 3.92. The van der Waals surface area contributed by atoms with Crippen molar-refractivity contribution in [3.8, 4) is 0 Å². The summed E-state index contributed by atoms with van der Waals surface area (Å²) in [6, 6.07) is 8.18. The van der Waals surface area contributed by atoms with E-state index in [0.717, 1.165) is 16.9 Å². The normalized spacial score (nSPS) is 18.4. The Morgan fingerprint density at radius 1 is 1.22 bits per heavy atom. The van der Waals surface area contributed by atoms with Gasteiger partial charge in [0.25, 0.3) is 0 Å². The molecule has 1 aliphatic carbocycles. The quantitative estimate of drug-likeness (QED) is 0.706. The van der Waals surface area contributed by atoms with Crippen molar-refractivity contribution in [2.24, 2.45) is 5.41 Å². The van der Waals surface area contributed by atoms with Gasteiger partial charge in [-0.3, -0.25) is 0 Å². The van der Waals surface area contributed by atoms with Gasteiger partial charge >= 0.3 is 0 Å². The fraction of sp³-hybridized carbons (Fsp3) is 0.600. The smallest absolute Gasteiger partial charge is 0.0406 e. The van der Waals surface area contributed by atoms with Gasteiger partial charge in [-0.1, -0.05) is 52.5 Å². The highest BCUT2D eigenvalue weighted by atomic mass is 79.9. The number of nitrogens with zero attached hydrogens (tertiary/aromatic N) is 1. The van der Waals surface area contributed by atoms with Crippen LogP contribution >= 0.6 is 27.5 Å². The molecule has 0 saturated heterocycles. The summed E-state index contributed by atoms with van der Waals surface area (Å²) in [5.74, 6) is 0. The molecule has 2 rings (SSSR count). The summed E-state index contributed by atoms with van der Waals surface area (Å²) in [6.45, 7) is 2.19. The molecular formula is C15H21BrClN. The number of benzene rings is 1. The van der Waals surface area contributed by atoms with Gasteiger partial charge in [0.2, 0.25) is 0 Å². The zero-order chi connectivity index (χ0) is 13.0. The SMILES string of the molecule is CN(Cc1ccc(Cl)cc1)CC1(CBr)CCCC1. The van der Waals surface area contributed by atoms with E-state index >= 15 is 0 Å². The Bertz CT molecular complexity index is 371. The lowest BCUT2D eigenvalue weighted by atomic mass is 9.88. The highest BCUT2D eigenvalue weighted by Gasteiger charge is 2.33. The van der Waals surface area contributed by atoms with Gasteiger partial charge in [-0.2, -0.15) is 0 Å². The Hall–Kier alpha value is -0.0500. The lowest BCUT2D eigenvalue weighted by Gasteiger charge is -2.32. The van der Waals surface area contributed by atoms with E-state index in [1.54, 1.807) is 0 Å². The van der Waals surface area contributed by atoms with Crippen LogP contribution in [0.2, 0.25) is 5.02 Å². The van der Waals surface area contributed by atoms with Crippen LogP contribution in [0.1, 0.15) is 31.2 Å². The molecule has 0 bridgehead atoms. The van der Waals surface area contributed by atoms with Gasteiger partial charge in [-0.05, 0) is 43.0 Å². The van der Waals surface area contributed by atoms with Crippen LogP contribution in [-0.4, -0.2) is 23.8 Å². The minimum absolute atomic E-state index is 0.501. The molecule has 1 fully saturated rings. The maximum absolute atomic E-state index is 5.91. The molecule has 0 amide bonds. The predicted octanol–water partition coefficient (Wildman–Crippen LogP) is 4.73. The van der Waals surface area contributed by atoms with E-state index in [9.17, 15) is 0 Å². The summed E-state index contributed by atoms with van der Waals surface area (Å²) >= 11 is 9.62. The molecule has 0 radical (unpaired) electrons. The van der Waals surface area contributed by atoms with Crippen LogP contribution in [-0.2, 0) is 6.54 Å². The number of hydrogen-bond donors (Lipinski definition) is 0. The van der Waals surface area contributed by atoms with Crippen LogP contribution in [0.4, 0.5) is 0 Å². The van der Waals surface area contributed by atoms with Crippen LogP contribution in [0.5, 0.6) is 0 Å². The van der Waals surface area contributed by atoms with Crippen molar-refractivity contribution in [3.05, 3.63) is 34.9 Å². The Balaban J connectivity index is 1.91. The van der Waals surface area contributed by atoms with Crippen molar-refractivity contribution in [3.63, 3.8) is 0 Å². The van der Waals surface area contributed by atoms with Gasteiger partial charge in [-0.15, -0.1) is 0 Å². The first-order chi connectivity index (χ1) is 8.63. The molecule has 1 nitrogen and oxygen atoms in total. The maximum Gasteiger partial charge on any atom is 0.0406 e. The molecule has 0 heterocycles. The molecule has 18 heavy (non-hydrogen) atoms. The summed E-state index contributed by atoms with van der Waals surface area (Å²) in [6.07, 6.45) is 5.51. The van der Waals surface area contributed by atoms with Gasteiger partial charge in [0.15, 0.2) is 0 Å². The van der Waals surface area contributed by atoms with E-state index in [1.807, 2.05) is 12.1 Å². The first-order valence-corrected chi connectivity index (χ1v) is 8.12. The molecule has 0 aromatic heterocycles. The molecule has 100 valence electrons. The number of rotatable bonds is 5. The van der Waals surface area contributed by atoms with E-state index < -0.39 is 0 Å². The molecule has 1 aliphatic rings. The molecule has 0 aliphatic heterocycles. The van der Waals surface area contributed by atoms with Gasteiger partial charge in [0.1, 0.15) is 0 Å². The predicted molar refractivity (Wildman–Crippen MR) is 82.5 cm³/mol. The van der Waals surface area contributed by atoms with Crippen LogP contribution in [0.25, 0.3) is 0 Å². The van der Waals surface area contributed by atoms with Gasteiger partial charge in [0, 0.05) is 23.4 Å². The van der Waals surface area contributed by atoms with Crippen LogP contribution in [0, 0.1) is 5.41 Å². The van der Waals surface area contributed by atoms with E-state index in [-0.39, 0.29) is 0 Å². The van der Waals surface area contributed by atoms with Crippen molar-refractivity contribution in [1.29, 1.82) is 0 Å². The van der Waals surface area contributed by atoms with Crippen LogP contribution < -0.4 is 0 Å². The van der Waals surface area contributed by atoms with E-state index in [4.69, 9.17) is 11.6 Å². The van der Waals surface area contributed by atoms with E-state index in [2.05, 4.69) is 40.0 Å². The molecule has 3 heteroatoms. The lowest BCUT2D eigenvalue weighted by Crippen LogP contribution is -2.34. The Labute approximate surface area is 124 Å². The topological polar surface area (TPSA) is 3.24 Å². The second-order valence-corrected chi connectivity index (χ2v) is 6.64. The Kier molecular flexibility index (Phi) is 5.11. The maximum atomic E-state index is 5.91. The summed E-state index contributed by atoms with van der Waals surface area (Å²) in [5.41, 5.74) is 1.84. The third kappa shape index (κ3) is 3.72.